The van der Waals surface area contributed by atoms with Crippen LogP contribution < -0.4 is 0 Å². The van der Waals surface area contributed by atoms with Gasteiger partial charge in [-0.15, -0.1) is 0 Å². The molecule has 0 saturated heterocycles. The fourth-order valence-electron chi connectivity index (χ4n) is 8.02. The summed E-state index contributed by atoms with van der Waals surface area (Å²) in [6, 6.07) is 0. The number of fused-ring (bicyclic) bond motifs is 5. The number of rotatable bonds is 3. The lowest BCUT2D eigenvalue weighted by Crippen LogP contribution is -2.57. The molecule has 0 radical (unpaired) electrons. The Kier molecular flexibility index (Phi) is 5.39. The molecule has 0 amide bonds. The van der Waals surface area contributed by atoms with Crippen molar-refractivity contribution in [1.29, 1.82) is 0 Å². The number of carbonyl (C=O) groups excluding carboxylic acids is 3. The fraction of sp³-hybridized carbons (Fsp3) is 0.800. The van der Waals surface area contributed by atoms with Crippen LogP contribution in [0.15, 0.2) is 11.6 Å². The summed E-state index contributed by atoms with van der Waals surface area (Å²) in [5, 5.41) is 0. The zero-order valence-corrected chi connectivity index (χ0v) is 19.0. The van der Waals surface area contributed by atoms with Crippen LogP contribution in [0.2, 0.25) is 0 Å². The largest absolute Gasteiger partial charge is 0.462 e. The van der Waals surface area contributed by atoms with Crippen molar-refractivity contribution in [3.8, 4) is 0 Å². The quantitative estimate of drug-likeness (QED) is 0.496. The molecule has 0 spiro atoms. The van der Waals surface area contributed by atoms with E-state index in [1.807, 2.05) is 0 Å². The number of ether oxygens (including phenoxy) is 2. The third-order valence-corrected chi connectivity index (χ3v) is 9.26. The standard InChI is InChI=1S/C25H36O5/c1-14(26)20-8-9-21-19-7-6-17-12-18(29-15(2)27)13-23(30-16(3)28)25(17,5)22(19)10-11-24(20,21)4/h6,18-23H,7-13H2,1-5H3/t18-,19-,20+,21-,22-,23+,24+,25+/m1/s1. The monoisotopic (exact) mass is 416 g/mol. The molecular formula is C25H36O5. The molecule has 5 heteroatoms. The van der Waals surface area contributed by atoms with Gasteiger partial charge in [-0.25, -0.2) is 0 Å². The van der Waals surface area contributed by atoms with Crippen LogP contribution in [0, 0.1) is 34.5 Å². The van der Waals surface area contributed by atoms with Crippen LogP contribution in [0.5, 0.6) is 0 Å². The van der Waals surface area contributed by atoms with Gasteiger partial charge in [0.15, 0.2) is 0 Å². The highest BCUT2D eigenvalue weighted by Gasteiger charge is 2.62. The smallest absolute Gasteiger partial charge is 0.302 e. The number of hydrogen-bond acceptors (Lipinski definition) is 5. The average Bonchev–Trinajstić information content (AvgIpc) is 2.99. The van der Waals surface area contributed by atoms with E-state index < -0.39 is 0 Å². The van der Waals surface area contributed by atoms with E-state index in [0.29, 0.717) is 30.0 Å². The second-order valence-corrected chi connectivity index (χ2v) is 10.7. The van der Waals surface area contributed by atoms with Crippen molar-refractivity contribution in [2.24, 2.45) is 34.5 Å². The molecule has 4 rings (SSSR count). The van der Waals surface area contributed by atoms with Gasteiger partial charge in [0.05, 0.1) is 0 Å². The molecule has 0 heterocycles. The minimum absolute atomic E-state index is 0.0978. The Morgan fingerprint density at radius 1 is 0.967 bits per heavy atom. The molecule has 0 aromatic carbocycles. The van der Waals surface area contributed by atoms with E-state index in [-0.39, 0.29) is 40.9 Å². The van der Waals surface area contributed by atoms with E-state index >= 15 is 0 Å². The molecule has 0 N–H and O–H groups in total. The molecular weight excluding hydrogens is 380 g/mol. The molecule has 4 aliphatic rings. The fourth-order valence-corrected chi connectivity index (χ4v) is 8.02. The minimum atomic E-state index is -0.283. The average molecular weight is 417 g/mol. The SMILES string of the molecule is CC(=O)O[C@@H]1CC2=CC[C@@H]3[C@H]4CC[C@@H](C(C)=O)[C@]4(C)CC[C@H]3[C@@]2(C)[C@@H](OC(C)=O)C1. The number of ketones is 1. The molecule has 3 fully saturated rings. The highest BCUT2D eigenvalue weighted by atomic mass is 16.6. The van der Waals surface area contributed by atoms with Gasteiger partial charge in [-0.1, -0.05) is 25.5 Å². The molecule has 0 bridgehead atoms. The topological polar surface area (TPSA) is 69.7 Å². The summed E-state index contributed by atoms with van der Waals surface area (Å²) in [6.45, 7) is 9.28. The third-order valence-electron chi connectivity index (χ3n) is 9.26. The van der Waals surface area contributed by atoms with Crippen molar-refractivity contribution >= 4 is 17.7 Å². The van der Waals surface area contributed by atoms with Crippen LogP contribution in [0.4, 0.5) is 0 Å². The Balaban J connectivity index is 1.68. The predicted octanol–water partition coefficient (Wildman–Crippen LogP) is 4.63. The maximum atomic E-state index is 12.3. The molecule has 30 heavy (non-hydrogen) atoms. The maximum absolute atomic E-state index is 12.3. The van der Waals surface area contributed by atoms with Crippen molar-refractivity contribution in [2.45, 2.75) is 91.8 Å². The molecule has 3 saturated carbocycles. The second kappa shape index (κ2) is 7.49. The van der Waals surface area contributed by atoms with Crippen LogP contribution in [0.25, 0.3) is 0 Å². The van der Waals surface area contributed by atoms with Gasteiger partial charge in [0.25, 0.3) is 0 Å². The number of allylic oxidation sites excluding steroid dienone is 1. The van der Waals surface area contributed by atoms with Gasteiger partial charge in [0.2, 0.25) is 0 Å². The van der Waals surface area contributed by atoms with E-state index in [4.69, 9.17) is 9.47 Å². The summed E-state index contributed by atoms with van der Waals surface area (Å²) < 4.78 is 11.4. The van der Waals surface area contributed by atoms with Crippen LogP contribution in [0.1, 0.15) is 79.6 Å². The van der Waals surface area contributed by atoms with Gasteiger partial charge < -0.3 is 9.47 Å². The van der Waals surface area contributed by atoms with Crippen LogP contribution in [0.3, 0.4) is 0 Å². The first-order valence-corrected chi connectivity index (χ1v) is 11.6. The number of esters is 2. The second-order valence-electron chi connectivity index (χ2n) is 10.7. The normalized spacial score (nSPS) is 44.8. The molecule has 0 unspecified atom stereocenters. The number of carbonyl (C=O) groups is 3. The van der Waals surface area contributed by atoms with Crippen LogP contribution >= 0.6 is 0 Å². The zero-order valence-electron chi connectivity index (χ0n) is 19.0. The van der Waals surface area contributed by atoms with E-state index in [1.165, 1.54) is 19.4 Å². The van der Waals surface area contributed by atoms with Crippen molar-refractivity contribution in [3.63, 3.8) is 0 Å². The van der Waals surface area contributed by atoms with Gasteiger partial charge in [0, 0.05) is 38.0 Å². The van der Waals surface area contributed by atoms with Crippen molar-refractivity contribution < 1.29 is 23.9 Å². The molecule has 0 aliphatic heterocycles. The lowest BCUT2D eigenvalue weighted by molar-refractivity contribution is -0.172. The Bertz CT molecular complexity index is 784. The molecule has 0 aromatic heterocycles. The lowest BCUT2D eigenvalue weighted by Gasteiger charge is -2.59. The highest BCUT2D eigenvalue weighted by Crippen LogP contribution is 2.66. The summed E-state index contributed by atoms with van der Waals surface area (Å²) in [5.74, 6) is 1.47. The minimum Gasteiger partial charge on any atom is -0.462 e. The molecule has 5 nitrogen and oxygen atoms in total. The molecule has 8 atom stereocenters. The first-order valence-electron chi connectivity index (χ1n) is 11.6. The summed E-state index contributed by atoms with van der Waals surface area (Å²) in [6.07, 6.45) is 8.40. The predicted molar refractivity (Wildman–Crippen MR) is 112 cm³/mol. The Morgan fingerprint density at radius 3 is 2.30 bits per heavy atom. The van der Waals surface area contributed by atoms with Crippen molar-refractivity contribution in [1.82, 2.24) is 0 Å². The van der Waals surface area contributed by atoms with Crippen molar-refractivity contribution in [3.05, 3.63) is 11.6 Å². The zero-order chi connectivity index (χ0) is 21.8. The lowest BCUT2D eigenvalue weighted by atomic mass is 9.46. The Labute approximate surface area is 179 Å². The van der Waals surface area contributed by atoms with Crippen molar-refractivity contribution in [2.75, 3.05) is 0 Å². The molecule has 4 aliphatic carbocycles. The van der Waals surface area contributed by atoms with Gasteiger partial charge in [-0.2, -0.15) is 0 Å². The van der Waals surface area contributed by atoms with Gasteiger partial charge in [-0.3, -0.25) is 14.4 Å². The van der Waals surface area contributed by atoms with E-state index in [9.17, 15) is 14.4 Å². The van der Waals surface area contributed by atoms with E-state index in [2.05, 4.69) is 19.9 Å². The van der Waals surface area contributed by atoms with Gasteiger partial charge in [0.1, 0.15) is 18.0 Å². The summed E-state index contributed by atoms with van der Waals surface area (Å²) in [7, 11) is 0. The van der Waals surface area contributed by atoms with E-state index in [0.717, 1.165) is 38.5 Å². The highest BCUT2D eigenvalue weighted by molar-refractivity contribution is 5.79. The third kappa shape index (κ3) is 3.23. The number of Topliss-reactive ketones (excluding diaryl/α,β-unsaturated/α-hetero) is 1. The first-order chi connectivity index (χ1) is 14.1. The van der Waals surface area contributed by atoms with Gasteiger partial charge >= 0.3 is 11.9 Å². The summed E-state index contributed by atoms with van der Waals surface area (Å²) in [5.41, 5.74) is 1.17. The van der Waals surface area contributed by atoms with Crippen LogP contribution in [-0.4, -0.2) is 29.9 Å². The molecule has 0 aromatic rings. The number of hydrogen-bond donors (Lipinski definition) is 0. The first kappa shape index (κ1) is 21.6. The van der Waals surface area contributed by atoms with E-state index in [1.54, 1.807) is 6.92 Å². The Hall–Kier alpha value is -1.65. The van der Waals surface area contributed by atoms with Gasteiger partial charge in [-0.05, 0) is 62.2 Å². The molecule has 166 valence electrons. The maximum Gasteiger partial charge on any atom is 0.302 e. The Morgan fingerprint density at radius 2 is 1.67 bits per heavy atom. The summed E-state index contributed by atoms with van der Waals surface area (Å²) in [4.78, 5) is 35.9. The summed E-state index contributed by atoms with van der Waals surface area (Å²) >= 11 is 0. The van der Waals surface area contributed by atoms with Crippen LogP contribution in [-0.2, 0) is 23.9 Å².